The van der Waals surface area contributed by atoms with Gasteiger partial charge in [0.05, 0.1) is 6.54 Å². The average molecular weight is 448 g/mol. The summed E-state index contributed by atoms with van der Waals surface area (Å²) in [6.45, 7) is 8.96. The molecule has 0 unspecified atom stereocenters. The molecule has 1 aromatic carbocycles. The van der Waals surface area contributed by atoms with E-state index >= 15 is 0 Å². The van der Waals surface area contributed by atoms with E-state index in [2.05, 4.69) is 29.1 Å². The van der Waals surface area contributed by atoms with Crippen molar-refractivity contribution in [2.24, 2.45) is 10.9 Å². The van der Waals surface area contributed by atoms with Crippen LogP contribution in [0.1, 0.15) is 32.6 Å². The van der Waals surface area contributed by atoms with Gasteiger partial charge in [0.2, 0.25) is 5.91 Å². The number of piperazine rings is 1. The van der Waals surface area contributed by atoms with E-state index in [1.807, 2.05) is 4.90 Å². The fraction of sp³-hybridized carbons (Fsp3) is 0.667. The summed E-state index contributed by atoms with van der Waals surface area (Å²) in [5, 5.41) is 3.34. The summed E-state index contributed by atoms with van der Waals surface area (Å²) in [6, 6.07) is 6.55. The van der Waals surface area contributed by atoms with Gasteiger partial charge in [0, 0.05) is 71.6 Å². The largest absolute Gasteiger partial charge is 0.381 e. The van der Waals surface area contributed by atoms with Gasteiger partial charge in [-0.25, -0.2) is 4.39 Å². The number of anilines is 1. The summed E-state index contributed by atoms with van der Waals surface area (Å²) >= 11 is 0. The number of carbonyl (C=O) groups is 1. The molecular weight excluding hydrogens is 409 g/mol. The van der Waals surface area contributed by atoms with E-state index in [9.17, 15) is 9.18 Å². The maximum Gasteiger partial charge on any atom is 0.224 e. The summed E-state index contributed by atoms with van der Waals surface area (Å²) < 4.78 is 18.6. The average Bonchev–Trinajstić information content (AvgIpc) is 2.83. The number of carbonyl (C=O) groups excluding carboxylic acids is 1. The number of amides is 1. The van der Waals surface area contributed by atoms with Crippen molar-refractivity contribution in [3.05, 3.63) is 30.1 Å². The monoisotopic (exact) mass is 447 g/mol. The molecule has 2 saturated heterocycles. The number of hydrogen-bond acceptors (Lipinski definition) is 4. The number of ether oxygens (including phenoxy) is 1. The fourth-order valence-electron chi connectivity index (χ4n) is 4.27. The highest BCUT2D eigenvalue weighted by atomic mass is 19.1. The standard InChI is InChI=1S/C24H38FN5O2/c1-3-26-24(28(2)13-9-20-10-18-32-19-11-20)27-12-8-23(31)30-16-14-29(15-17-30)22-6-4-21(25)5-7-22/h4-7,20H,3,8-19H2,1-2H3,(H,26,27). The molecule has 2 aliphatic rings. The van der Waals surface area contributed by atoms with Gasteiger partial charge in [0.1, 0.15) is 5.82 Å². The first-order valence-corrected chi connectivity index (χ1v) is 11.9. The SMILES string of the molecule is CCNC(=NCCC(=O)N1CCN(c2ccc(F)cc2)CC1)N(C)CCC1CCOCC1. The van der Waals surface area contributed by atoms with Gasteiger partial charge < -0.3 is 24.8 Å². The van der Waals surface area contributed by atoms with Crippen LogP contribution in [0, 0.1) is 11.7 Å². The molecule has 0 atom stereocenters. The minimum atomic E-state index is -0.228. The number of guanidine groups is 1. The first-order chi connectivity index (χ1) is 15.6. The number of rotatable bonds is 8. The Balaban J connectivity index is 1.41. The Kier molecular flexibility index (Phi) is 9.59. The van der Waals surface area contributed by atoms with Crippen LogP contribution >= 0.6 is 0 Å². The normalized spacial score (nSPS) is 18.0. The maximum atomic E-state index is 13.1. The molecule has 1 aromatic rings. The first-order valence-electron chi connectivity index (χ1n) is 11.9. The molecule has 32 heavy (non-hydrogen) atoms. The van der Waals surface area contributed by atoms with Crippen LogP contribution in [0.4, 0.5) is 10.1 Å². The van der Waals surface area contributed by atoms with Gasteiger partial charge in [-0.1, -0.05) is 0 Å². The van der Waals surface area contributed by atoms with Crippen molar-refractivity contribution in [3.8, 4) is 0 Å². The Morgan fingerprint density at radius 3 is 2.53 bits per heavy atom. The van der Waals surface area contributed by atoms with E-state index < -0.39 is 0 Å². The number of benzene rings is 1. The third kappa shape index (κ3) is 7.36. The molecule has 0 radical (unpaired) electrons. The Hall–Kier alpha value is -2.35. The Bertz CT molecular complexity index is 728. The van der Waals surface area contributed by atoms with Crippen molar-refractivity contribution < 1.29 is 13.9 Å². The molecule has 8 heteroatoms. The van der Waals surface area contributed by atoms with Crippen molar-refractivity contribution in [2.45, 2.75) is 32.6 Å². The first kappa shape index (κ1) is 24.3. The minimum Gasteiger partial charge on any atom is -0.381 e. The second-order valence-electron chi connectivity index (χ2n) is 8.60. The van der Waals surface area contributed by atoms with Gasteiger partial charge in [-0.15, -0.1) is 0 Å². The molecule has 2 aliphatic heterocycles. The van der Waals surface area contributed by atoms with Crippen molar-refractivity contribution in [2.75, 3.05) is 71.0 Å². The molecule has 2 fully saturated rings. The van der Waals surface area contributed by atoms with E-state index in [0.29, 0.717) is 26.1 Å². The molecular formula is C24H38FN5O2. The number of halogens is 1. The van der Waals surface area contributed by atoms with Crippen LogP contribution < -0.4 is 10.2 Å². The predicted molar refractivity (Wildman–Crippen MR) is 127 cm³/mol. The van der Waals surface area contributed by atoms with Gasteiger partial charge >= 0.3 is 0 Å². The zero-order valence-corrected chi connectivity index (χ0v) is 19.6. The zero-order chi connectivity index (χ0) is 22.8. The summed E-state index contributed by atoms with van der Waals surface area (Å²) in [5.41, 5.74) is 1.00. The third-order valence-electron chi connectivity index (χ3n) is 6.32. The Labute approximate surface area is 191 Å². The van der Waals surface area contributed by atoms with E-state index in [4.69, 9.17) is 9.73 Å². The molecule has 1 amide bonds. The summed E-state index contributed by atoms with van der Waals surface area (Å²) in [6.07, 6.45) is 3.84. The molecule has 1 N–H and O–H groups in total. The van der Waals surface area contributed by atoms with E-state index in [1.165, 1.54) is 12.1 Å². The molecule has 3 rings (SSSR count). The predicted octanol–water partition coefficient (Wildman–Crippen LogP) is 2.58. The van der Waals surface area contributed by atoms with Gasteiger partial charge in [0.15, 0.2) is 5.96 Å². The molecule has 0 saturated carbocycles. The van der Waals surface area contributed by atoms with Gasteiger partial charge in [-0.2, -0.15) is 0 Å². The van der Waals surface area contributed by atoms with Gasteiger partial charge in [0.25, 0.3) is 0 Å². The maximum absolute atomic E-state index is 13.1. The van der Waals surface area contributed by atoms with Gasteiger partial charge in [-0.05, 0) is 56.4 Å². The smallest absolute Gasteiger partial charge is 0.224 e. The minimum absolute atomic E-state index is 0.146. The highest BCUT2D eigenvalue weighted by molar-refractivity contribution is 5.81. The Morgan fingerprint density at radius 2 is 1.88 bits per heavy atom. The van der Waals surface area contributed by atoms with Crippen LogP contribution in [0.3, 0.4) is 0 Å². The zero-order valence-electron chi connectivity index (χ0n) is 19.6. The summed E-state index contributed by atoms with van der Waals surface area (Å²) in [5.74, 6) is 1.51. The number of aliphatic imine (C=N–C) groups is 1. The molecule has 2 heterocycles. The third-order valence-corrected chi connectivity index (χ3v) is 6.32. The Morgan fingerprint density at radius 1 is 1.19 bits per heavy atom. The lowest BCUT2D eigenvalue weighted by atomic mass is 9.96. The molecule has 0 aliphatic carbocycles. The van der Waals surface area contributed by atoms with Crippen molar-refractivity contribution in [1.29, 1.82) is 0 Å². The molecule has 0 aromatic heterocycles. The highest BCUT2D eigenvalue weighted by Crippen LogP contribution is 2.19. The summed E-state index contributed by atoms with van der Waals surface area (Å²) in [7, 11) is 2.07. The van der Waals surface area contributed by atoms with Crippen molar-refractivity contribution in [1.82, 2.24) is 15.1 Å². The lowest BCUT2D eigenvalue weighted by Gasteiger charge is -2.36. The van der Waals surface area contributed by atoms with Crippen LogP contribution in [0.5, 0.6) is 0 Å². The van der Waals surface area contributed by atoms with E-state index in [-0.39, 0.29) is 11.7 Å². The van der Waals surface area contributed by atoms with E-state index in [0.717, 1.165) is 76.2 Å². The summed E-state index contributed by atoms with van der Waals surface area (Å²) in [4.78, 5) is 23.6. The van der Waals surface area contributed by atoms with Crippen LogP contribution in [-0.4, -0.2) is 87.7 Å². The van der Waals surface area contributed by atoms with E-state index in [1.54, 1.807) is 12.1 Å². The highest BCUT2D eigenvalue weighted by Gasteiger charge is 2.21. The van der Waals surface area contributed by atoms with Crippen LogP contribution in [0.25, 0.3) is 0 Å². The molecule has 178 valence electrons. The lowest BCUT2D eigenvalue weighted by Crippen LogP contribution is -2.49. The van der Waals surface area contributed by atoms with Crippen LogP contribution in [0.2, 0.25) is 0 Å². The number of hydrogen-bond donors (Lipinski definition) is 1. The fourth-order valence-corrected chi connectivity index (χ4v) is 4.27. The van der Waals surface area contributed by atoms with Gasteiger partial charge in [-0.3, -0.25) is 9.79 Å². The second kappa shape index (κ2) is 12.6. The molecule has 0 spiro atoms. The quantitative estimate of drug-likeness (QED) is 0.490. The van der Waals surface area contributed by atoms with Crippen LogP contribution in [0.15, 0.2) is 29.3 Å². The number of nitrogens with one attached hydrogen (secondary N) is 1. The molecule has 7 nitrogen and oxygen atoms in total. The van der Waals surface area contributed by atoms with Crippen molar-refractivity contribution >= 4 is 17.6 Å². The van der Waals surface area contributed by atoms with Crippen LogP contribution in [-0.2, 0) is 9.53 Å². The second-order valence-corrected chi connectivity index (χ2v) is 8.60. The number of nitrogens with zero attached hydrogens (tertiary/aromatic N) is 4. The molecule has 0 bridgehead atoms. The lowest BCUT2D eigenvalue weighted by molar-refractivity contribution is -0.131. The topological polar surface area (TPSA) is 60.4 Å². The van der Waals surface area contributed by atoms with Crippen molar-refractivity contribution in [3.63, 3.8) is 0 Å².